The molecule has 15 heavy (non-hydrogen) atoms. The number of nitrogens with zero attached hydrogens (tertiary/aromatic N) is 1. The fourth-order valence-electron chi connectivity index (χ4n) is 1.51. The molecule has 0 fully saturated rings. The largest absolute Gasteiger partial charge is 0.340 e. The van der Waals surface area contributed by atoms with Crippen molar-refractivity contribution in [2.24, 2.45) is 0 Å². The summed E-state index contributed by atoms with van der Waals surface area (Å²) in [5, 5.41) is 6.32. The van der Waals surface area contributed by atoms with E-state index in [2.05, 4.69) is 17.6 Å². The van der Waals surface area contributed by atoms with E-state index in [0.717, 1.165) is 6.42 Å². The zero-order chi connectivity index (χ0) is 11.4. The molecule has 0 aliphatic rings. The van der Waals surface area contributed by atoms with Gasteiger partial charge in [0.1, 0.15) is 0 Å². The van der Waals surface area contributed by atoms with Gasteiger partial charge in [0, 0.05) is 13.6 Å². The van der Waals surface area contributed by atoms with Crippen LogP contribution in [-0.4, -0.2) is 19.6 Å². The Hall–Kier alpha value is -0.730. The van der Waals surface area contributed by atoms with Crippen molar-refractivity contribution in [1.29, 1.82) is 0 Å². The lowest BCUT2D eigenvalue weighted by atomic mass is 10.1. The molecule has 1 radical (unpaired) electrons. The molecule has 0 aliphatic heterocycles. The number of unbranched alkanes of at least 4 members (excludes halogenated alkanes) is 7. The average molecular weight is 213 g/mol. The maximum absolute atomic E-state index is 10.7. The maximum atomic E-state index is 10.7. The Balaban J connectivity index is 2.95. The lowest BCUT2D eigenvalue weighted by Crippen LogP contribution is -2.27. The van der Waals surface area contributed by atoms with Gasteiger partial charge in [-0.3, -0.25) is 0 Å². The summed E-state index contributed by atoms with van der Waals surface area (Å²) < 4.78 is 0. The topological polar surface area (TPSA) is 43.2 Å². The zero-order valence-corrected chi connectivity index (χ0v) is 10.2. The molecular formula is C12H25N2O. The molecule has 0 atom stereocenters. The first kappa shape index (κ1) is 14.3. The number of amides is 2. The summed E-state index contributed by atoms with van der Waals surface area (Å²) in [6.45, 7) is 2.91. The predicted molar refractivity (Wildman–Crippen MR) is 64.1 cm³/mol. The molecule has 0 unspecified atom stereocenters. The SMILES string of the molecule is CCCCCCCCCC[N]C(=O)NC. The predicted octanol–water partition coefficient (Wildman–Crippen LogP) is 3.07. The summed E-state index contributed by atoms with van der Waals surface area (Å²) >= 11 is 0. The first-order valence-electron chi connectivity index (χ1n) is 6.20. The van der Waals surface area contributed by atoms with E-state index in [1.165, 1.54) is 44.9 Å². The van der Waals surface area contributed by atoms with Gasteiger partial charge < -0.3 is 5.32 Å². The molecule has 0 aromatic heterocycles. The number of hydrogen-bond donors (Lipinski definition) is 1. The van der Waals surface area contributed by atoms with Gasteiger partial charge in [0.05, 0.1) is 0 Å². The fraction of sp³-hybridized carbons (Fsp3) is 0.917. The van der Waals surface area contributed by atoms with Crippen LogP contribution in [0.1, 0.15) is 58.3 Å². The molecule has 0 aromatic rings. The summed E-state index contributed by atoms with van der Waals surface area (Å²) in [6.07, 6.45) is 10.3. The summed E-state index contributed by atoms with van der Waals surface area (Å²) in [6, 6.07) is -0.196. The van der Waals surface area contributed by atoms with E-state index in [4.69, 9.17) is 0 Å². The third kappa shape index (κ3) is 11.2. The highest BCUT2D eigenvalue weighted by atomic mass is 16.2. The lowest BCUT2D eigenvalue weighted by Gasteiger charge is -2.02. The van der Waals surface area contributed by atoms with Gasteiger partial charge in [-0.25, -0.2) is 10.1 Å². The molecule has 0 saturated heterocycles. The highest BCUT2D eigenvalue weighted by Gasteiger charge is 1.96. The molecule has 2 amide bonds. The Labute approximate surface area is 94.0 Å². The van der Waals surface area contributed by atoms with E-state index in [1.54, 1.807) is 7.05 Å². The quantitative estimate of drug-likeness (QED) is 0.588. The Morgan fingerprint density at radius 2 is 1.53 bits per heavy atom. The van der Waals surface area contributed by atoms with Crippen LogP contribution in [0.4, 0.5) is 4.79 Å². The van der Waals surface area contributed by atoms with Gasteiger partial charge in [-0.2, -0.15) is 0 Å². The highest BCUT2D eigenvalue weighted by Crippen LogP contribution is 2.07. The number of rotatable bonds is 9. The molecule has 0 bridgehead atoms. The van der Waals surface area contributed by atoms with E-state index in [1.807, 2.05) is 0 Å². The van der Waals surface area contributed by atoms with Crippen LogP contribution in [0.5, 0.6) is 0 Å². The Kier molecular flexibility index (Phi) is 10.8. The number of urea groups is 1. The molecule has 3 heteroatoms. The van der Waals surface area contributed by atoms with Crippen molar-refractivity contribution in [3.8, 4) is 0 Å². The van der Waals surface area contributed by atoms with Crippen LogP contribution in [0.25, 0.3) is 0 Å². The molecule has 0 heterocycles. The molecular weight excluding hydrogens is 188 g/mol. The van der Waals surface area contributed by atoms with Crippen LogP contribution in [-0.2, 0) is 0 Å². The minimum Gasteiger partial charge on any atom is -0.340 e. The van der Waals surface area contributed by atoms with Crippen LogP contribution >= 0.6 is 0 Å². The van der Waals surface area contributed by atoms with Crippen molar-refractivity contribution >= 4 is 6.03 Å². The van der Waals surface area contributed by atoms with Crippen molar-refractivity contribution in [2.45, 2.75) is 58.3 Å². The molecule has 89 valence electrons. The van der Waals surface area contributed by atoms with Crippen LogP contribution in [0.3, 0.4) is 0 Å². The molecule has 1 N–H and O–H groups in total. The average Bonchev–Trinajstić information content (AvgIpc) is 2.26. The van der Waals surface area contributed by atoms with Crippen molar-refractivity contribution in [1.82, 2.24) is 10.6 Å². The Morgan fingerprint density at radius 1 is 1.00 bits per heavy atom. The van der Waals surface area contributed by atoms with E-state index in [9.17, 15) is 4.79 Å². The van der Waals surface area contributed by atoms with Gasteiger partial charge in [-0.1, -0.05) is 51.9 Å². The van der Waals surface area contributed by atoms with Gasteiger partial charge in [-0.05, 0) is 6.42 Å². The van der Waals surface area contributed by atoms with Gasteiger partial charge >= 0.3 is 6.03 Å². The first-order chi connectivity index (χ1) is 7.31. The Bertz CT molecular complexity index is 149. The molecule has 0 saturated carbocycles. The van der Waals surface area contributed by atoms with Crippen molar-refractivity contribution in [3.05, 3.63) is 0 Å². The fourth-order valence-corrected chi connectivity index (χ4v) is 1.51. The minimum atomic E-state index is -0.196. The van der Waals surface area contributed by atoms with Crippen molar-refractivity contribution in [2.75, 3.05) is 13.6 Å². The molecule has 0 rings (SSSR count). The second kappa shape index (κ2) is 11.3. The standard InChI is InChI=1S/C12H25N2O/c1-3-4-5-6-7-8-9-10-11-14-12(15)13-2/h3-11H2,1-2H3,(H,13,15). The number of carbonyl (C=O) groups is 1. The molecule has 0 aromatic carbocycles. The van der Waals surface area contributed by atoms with Crippen LogP contribution in [0.15, 0.2) is 0 Å². The summed E-state index contributed by atoms with van der Waals surface area (Å²) in [5.41, 5.74) is 0. The highest BCUT2D eigenvalue weighted by molar-refractivity contribution is 5.72. The number of carbonyl (C=O) groups excluding carboxylic acids is 1. The lowest BCUT2D eigenvalue weighted by molar-refractivity contribution is 0.242. The van der Waals surface area contributed by atoms with Crippen LogP contribution in [0, 0.1) is 0 Å². The molecule has 0 aliphatic carbocycles. The van der Waals surface area contributed by atoms with Crippen molar-refractivity contribution < 1.29 is 4.79 Å². The first-order valence-corrected chi connectivity index (χ1v) is 6.20. The normalized spacial score (nSPS) is 10.0. The van der Waals surface area contributed by atoms with E-state index < -0.39 is 0 Å². The van der Waals surface area contributed by atoms with Crippen LogP contribution in [0.2, 0.25) is 0 Å². The van der Waals surface area contributed by atoms with E-state index in [0.29, 0.717) is 6.54 Å². The monoisotopic (exact) mass is 213 g/mol. The molecule has 0 spiro atoms. The maximum Gasteiger partial charge on any atom is 0.336 e. The second-order valence-electron chi connectivity index (χ2n) is 3.91. The number of nitrogens with one attached hydrogen (secondary N) is 1. The molecule has 3 nitrogen and oxygen atoms in total. The van der Waals surface area contributed by atoms with Crippen molar-refractivity contribution in [3.63, 3.8) is 0 Å². The smallest absolute Gasteiger partial charge is 0.336 e. The van der Waals surface area contributed by atoms with E-state index in [-0.39, 0.29) is 6.03 Å². The third-order valence-electron chi connectivity index (χ3n) is 2.48. The Morgan fingerprint density at radius 3 is 2.07 bits per heavy atom. The van der Waals surface area contributed by atoms with Gasteiger partial charge in [0.25, 0.3) is 0 Å². The van der Waals surface area contributed by atoms with Crippen LogP contribution < -0.4 is 10.6 Å². The number of hydrogen-bond acceptors (Lipinski definition) is 1. The van der Waals surface area contributed by atoms with Gasteiger partial charge in [0.15, 0.2) is 0 Å². The minimum absolute atomic E-state index is 0.196. The third-order valence-corrected chi connectivity index (χ3v) is 2.48. The summed E-state index contributed by atoms with van der Waals surface area (Å²) in [4.78, 5) is 10.7. The van der Waals surface area contributed by atoms with E-state index >= 15 is 0 Å². The summed E-state index contributed by atoms with van der Waals surface area (Å²) in [5.74, 6) is 0. The van der Waals surface area contributed by atoms with Gasteiger partial charge in [0.2, 0.25) is 0 Å². The van der Waals surface area contributed by atoms with Gasteiger partial charge in [-0.15, -0.1) is 0 Å². The summed E-state index contributed by atoms with van der Waals surface area (Å²) in [7, 11) is 1.61. The second-order valence-corrected chi connectivity index (χ2v) is 3.91. The zero-order valence-electron chi connectivity index (χ0n) is 10.2.